The Bertz CT molecular complexity index is 455. The fourth-order valence-electron chi connectivity index (χ4n) is 2.30. The summed E-state index contributed by atoms with van der Waals surface area (Å²) in [5, 5.41) is 12.3. The molecule has 6 nitrogen and oxygen atoms in total. The van der Waals surface area contributed by atoms with Gasteiger partial charge in [-0.2, -0.15) is 5.10 Å². The van der Waals surface area contributed by atoms with Crippen molar-refractivity contribution in [2.75, 3.05) is 6.54 Å². The normalized spacial score (nSPS) is 27.8. The molecule has 0 bridgehead atoms. The minimum atomic E-state index is -0.312. The van der Waals surface area contributed by atoms with E-state index in [2.05, 4.69) is 34.7 Å². The average molecular weight is 250 g/mol. The van der Waals surface area contributed by atoms with Gasteiger partial charge in [0.15, 0.2) is 0 Å². The van der Waals surface area contributed by atoms with Gasteiger partial charge in [-0.25, -0.2) is 5.10 Å². The molecule has 3 atom stereocenters. The molecule has 0 spiro atoms. The number of nitrogens with zero attached hydrogens (tertiary/aromatic N) is 1. The fourth-order valence-corrected chi connectivity index (χ4v) is 2.30. The van der Waals surface area contributed by atoms with E-state index in [4.69, 9.17) is 0 Å². The third kappa shape index (κ3) is 2.76. The molecule has 1 fully saturated rings. The Morgan fingerprint density at radius 3 is 2.83 bits per heavy atom. The molecule has 0 aromatic carbocycles. The maximum absolute atomic E-state index is 12.0. The van der Waals surface area contributed by atoms with Crippen LogP contribution in [0.2, 0.25) is 0 Å². The second-order valence-corrected chi connectivity index (χ2v) is 4.81. The molecule has 0 aliphatic carbocycles. The lowest BCUT2D eigenvalue weighted by Gasteiger charge is -2.35. The smallest absolute Gasteiger partial charge is 0.271 e. The van der Waals surface area contributed by atoms with Crippen molar-refractivity contribution < 1.29 is 4.79 Å². The van der Waals surface area contributed by atoms with Crippen molar-refractivity contribution in [3.63, 3.8) is 0 Å². The van der Waals surface area contributed by atoms with Crippen molar-refractivity contribution in [1.82, 2.24) is 20.8 Å². The van der Waals surface area contributed by atoms with E-state index in [9.17, 15) is 9.59 Å². The van der Waals surface area contributed by atoms with Crippen molar-refractivity contribution >= 4 is 5.91 Å². The Kier molecular flexibility index (Phi) is 3.76. The van der Waals surface area contributed by atoms with Crippen molar-refractivity contribution in [3.8, 4) is 0 Å². The molecular weight excluding hydrogens is 232 g/mol. The number of aromatic nitrogens is 2. The van der Waals surface area contributed by atoms with Crippen LogP contribution in [0.1, 0.15) is 30.8 Å². The number of H-pyrrole nitrogens is 1. The molecule has 0 radical (unpaired) electrons. The number of amides is 1. The summed E-state index contributed by atoms with van der Waals surface area (Å²) < 4.78 is 0. The number of carbonyl (C=O) groups excluding carboxylic acids is 1. The maximum atomic E-state index is 12.0. The van der Waals surface area contributed by atoms with Gasteiger partial charge in [0.25, 0.3) is 11.5 Å². The SMILES string of the molecule is CC1CCNC(C)C1NC(=O)c1ccc(=O)[nH]n1. The van der Waals surface area contributed by atoms with Crippen LogP contribution in [0.5, 0.6) is 0 Å². The largest absolute Gasteiger partial charge is 0.346 e. The van der Waals surface area contributed by atoms with Crippen LogP contribution in [0.3, 0.4) is 0 Å². The van der Waals surface area contributed by atoms with Gasteiger partial charge < -0.3 is 10.6 Å². The highest BCUT2D eigenvalue weighted by Crippen LogP contribution is 2.16. The third-order valence-electron chi connectivity index (χ3n) is 3.43. The molecule has 1 saturated heterocycles. The summed E-state index contributed by atoms with van der Waals surface area (Å²) in [5.41, 5.74) is -0.0767. The molecule has 18 heavy (non-hydrogen) atoms. The number of hydrogen-bond acceptors (Lipinski definition) is 4. The molecular formula is C12H18N4O2. The van der Waals surface area contributed by atoms with Crippen LogP contribution in [-0.4, -0.2) is 34.7 Å². The highest BCUT2D eigenvalue weighted by atomic mass is 16.2. The predicted molar refractivity (Wildman–Crippen MR) is 67.4 cm³/mol. The summed E-state index contributed by atoms with van der Waals surface area (Å²) in [6.07, 6.45) is 1.04. The van der Waals surface area contributed by atoms with Gasteiger partial charge in [-0.05, 0) is 31.9 Å². The summed E-state index contributed by atoms with van der Waals surface area (Å²) in [6, 6.07) is 3.05. The zero-order valence-electron chi connectivity index (χ0n) is 10.6. The first-order valence-electron chi connectivity index (χ1n) is 6.18. The van der Waals surface area contributed by atoms with E-state index >= 15 is 0 Å². The number of hydrogen-bond donors (Lipinski definition) is 3. The molecule has 1 aromatic rings. The first kappa shape index (κ1) is 12.8. The summed E-state index contributed by atoms with van der Waals surface area (Å²) in [6.45, 7) is 5.16. The lowest BCUT2D eigenvalue weighted by Crippen LogP contribution is -2.56. The fraction of sp³-hybridized carbons (Fsp3) is 0.583. The van der Waals surface area contributed by atoms with Crippen molar-refractivity contribution in [1.29, 1.82) is 0 Å². The molecule has 3 unspecified atom stereocenters. The van der Waals surface area contributed by atoms with Crippen LogP contribution in [0.15, 0.2) is 16.9 Å². The van der Waals surface area contributed by atoms with E-state index in [0.717, 1.165) is 13.0 Å². The monoisotopic (exact) mass is 250 g/mol. The van der Waals surface area contributed by atoms with Crippen LogP contribution < -0.4 is 16.2 Å². The van der Waals surface area contributed by atoms with Gasteiger partial charge in [-0.1, -0.05) is 6.92 Å². The topological polar surface area (TPSA) is 86.9 Å². The van der Waals surface area contributed by atoms with Crippen LogP contribution in [0, 0.1) is 5.92 Å². The van der Waals surface area contributed by atoms with Gasteiger partial charge in [-0.15, -0.1) is 0 Å². The molecule has 1 amide bonds. The van der Waals surface area contributed by atoms with Crippen LogP contribution >= 0.6 is 0 Å². The zero-order chi connectivity index (χ0) is 13.1. The Morgan fingerprint density at radius 2 is 2.22 bits per heavy atom. The number of piperidine rings is 1. The quantitative estimate of drug-likeness (QED) is 0.683. The number of rotatable bonds is 2. The van der Waals surface area contributed by atoms with Gasteiger partial charge in [0.05, 0.1) is 0 Å². The van der Waals surface area contributed by atoms with Gasteiger partial charge in [0, 0.05) is 18.2 Å². The first-order valence-corrected chi connectivity index (χ1v) is 6.18. The minimum absolute atomic E-state index is 0.0833. The van der Waals surface area contributed by atoms with E-state index in [1.165, 1.54) is 12.1 Å². The highest BCUT2D eigenvalue weighted by Gasteiger charge is 2.29. The molecule has 1 aromatic heterocycles. The molecule has 6 heteroatoms. The Balaban J connectivity index is 2.06. The van der Waals surface area contributed by atoms with Crippen molar-refractivity contribution in [3.05, 3.63) is 28.2 Å². The molecule has 0 saturated carbocycles. The number of aromatic amines is 1. The molecule has 1 aliphatic heterocycles. The molecule has 98 valence electrons. The molecule has 2 rings (SSSR count). The van der Waals surface area contributed by atoms with E-state index in [0.29, 0.717) is 5.92 Å². The first-order chi connectivity index (χ1) is 8.58. The van der Waals surface area contributed by atoms with E-state index in [1.807, 2.05) is 0 Å². The van der Waals surface area contributed by atoms with Gasteiger partial charge >= 0.3 is 0 Å². The van der Waals surface area contributed by atoms with Crippen molar-refractivity contribution in [2.45, 2.75) is 32.4 Å². The number of carbonyl (C=O) groups is 1. The Labute approximate surface area is 105 Å². The standard InChI is InChI=1S/C12H18N4O2/c1-7-5-6-13-8(2)11(7)14-12(18)9-3-4-10(17)16-15-9/h3-4,7-8,11,13H,5-6H2,1-2H3,(H,14,18)(H,16,17). The maximum Gasteiger partial charge on any atom is 0.271 e. The van der Waals surface area contributed by atoms with Crippen LogP contribution in [0.4, 0.5) is 0 Å². The van der Waals surface area contributed by atoms with E-state index in [1.54, 1.807) is 0 Å². The summed E-state index contributed by atoms with van der Waals surface area (Å²) in [4.78, 5) is 22.9. The summed E-state index contributed by atoms with van der Waals surface area (Å²) >= 11 is 0. The zero-order valence-corrected chi connectivity index (χ0v) is 10.6. The van der Waals surface area contributed by atoms with E-state index in [-0.39, 0.29) is 29.2 Å². The third-order valence-corrected chi connectivity index (χ3v) is 3.43. The Hall–Kier alpha value is -1.69. The second kappa shape index (κ2) is 5.30. The minimum Gasteiger partial charge on any atom is -0.346 e. The van der Waals surface area contributed by atoms with Crippen LogP contribution in [-0.2, 0) is 0 Å². The average Bonchev–Trinajstić information content (AvgIpc) is 2.34. The highest BCUT2D eigenvalue weighted by molar-refractivity contribution is 5.92. The Morgan fingerprint density at radius 1 is 1.44 bits per heavy atom. The molecule has 2 heterocycles. The summed E-state index contributed by atoms with van der Waals surface area (Å²) in [7, 11) is 0. The lowest BCUT2D eigenvalue weighted by atomic mass is 9.89. The number of nitrogens with one attached hydrogen (secondary N) is 3. The van der Waals surface area contributed by atoms with Gasteiger partial charge in [0.1, 0.15) is 5.69 Å². The molecule has 3 N–H and O–H groups in total. The lowest BCUT2D eigenvalue weighted by molar-refractivity contribution is 0.0891. The summed E-state index contributed by atoms with van der Waals surface area (Å²) in [5.74, 6) is 0.173. The van der Waals surface area contributed by atoms with Gasteiger partial charge in [-0.3, -0.25) is 9.59 Å². The second-order valence-electron chi connectivity index (χ2n) is 4.81. The van der Waals surface area contributed by atoms with Crippen molar-refractivity contribution in [2.24, 2.45) is 5.92 Å². The van der Waals surface area contributed by atoms with Crippen LogP contribution in [0.25, 0.3) is 0 Å². The van der Waals surface area contributed by atoms with Gasteiger partial charge in [0.2, 0.25) is 0 Å². The predicted octanol–water partition coefficient (Wildman–Crippen LogP) is -0.114. The van der Waals surface area contributed by atoms with E-state index < -0.39 is 0 Å². The molecule has 1 aliphatic rings.